The van der Waals surface area contributed by atoms with Crippen LogP contribution in [0, 0.1) is 0 Å². The zero-order valence-electron chi connectivity index (χ0n) is 9.27. The molecule has 1 aromatic carbocycles. The molecule has 84 valence electrons. The zero-order chi connectivity index (χ0) is 11.8. The Morgan fingerprint density at radius 2 is 2.12 bits per heavy atom. The summed E-state index contributed by atoms with van der Waals surface area (Å²) in [5, 5.41) is 15.9. The van der Waals surface area contributed by atoms with Crippen molar-refractivity contribution in [3.05, 3.63) is 34.9 Å². The van der Waals surface area contributed by atoms with Gasteiger partial charge in [-0.25, -0.2) is 0 Å². The molecule has 1 heterocycles. The molecule has 0 spiro atoms. The van der Waals surface area contributed by atoms with E-state index in [4.69, 9.17) is 11.6 Å². The fraction of sp³-hybridized carbons (Fsp3) is 0.333. The lowest BCUT2D eigenvalue weighted by molar-refractivity contribution is -0.591. The first-order valence-corrected chi connectivity index (χ1v) is 5.50. The Hall–Kier alpha value is -1.35. The highest BCUT2D eigenvalue weighted by Gasteiger charge is 2.36. The second-order valence-electron chi connectivity index (χ2n) is 4.48. The standard InChI is InChI=1S/C12H13ClN2O/c1-12(2)7-11(16)14-15(12)8-9-5-3-4-6-10(9)13/h3-6,8H,7H2,1-2H3/b15-8+. The van der Waals surface area contributed by atoms with E-state index in [1.165, 1.54) is 0 Å². The molecule has 0 unspecified atom stereocenters. The van der Waals surface area contributed by atoms with Crippen LogP contribution in [0.3, 0.4) is 0 Å². The number of benzene rings is 1. The largest absolute Gasteiger partial charge is 0.857 e. The molecule has 1 aromatic rings. The fourth-order valence-corrected chi connectivity index (χ4v) is 1.84. The maximum atomic E-state index is 11.3. The molecule has 0 N–H and O–H groups in total. The molecule has 2 rings (SSSR count). The molecule has 0 amide bonds. The Morgan fingerprint density at radius 1 is 1.44 bits per heavy atom. The molecule has 0 radical (unpaired) electrons. The smallest absolute Gasteiger partial charge is 0.205 e. The van der Waals surface area contributed by atoms with E-state index in [-0.39, 0.29) is 11.4 Å². The van der Waals surface area contributed by atoms with Gasteiger partial charge in [0.2, 0.25) is 6.21 Å². The Balaban J connectivity index is 2.42. The minimum absolute atomic E-state index is 0.0895. The van der Waals surface area contributed by atoms with Crippen molar-refractivity contribution in [2.24, 2.45) is 5.10 Å². The van der Waals surface area contributed by atoms with Crippen LogP contribution in [0.15, 0.2) is 29.4 Å². The third-order valence-corrected chi connectivity index (χ3v) is 2.93. The summed E-state index contributed by atoms with van der Waals surface area (Å²) in [5.41, 5.74) is 0.603. The third kappa shape index (κ3) is 2.09. The van der Waals surface area contributed by atoms with Crippen molar-refractivity contribution in [2.75, 3.05) is 0 Å². The molecule has 3 nitrogen and oxygen atoms in total. The Kier molecular flexibility index (Phi) is 2.72. The summed E-state index contributed by atoms with van der Waals surface area (Å²) < 4.78 is 1.69. The summed E-state index contributed by atoms with van der Waals surface area (Å²) in [6.07, 6.45) is 2.25. The van der Waals surface area contributed by atoms with Gasteiger partial charge >= 0.3 is 0 Å². The molecule has 1 aliphatic heterocycles. The van der Waals surface area contributed by atoms with Gasteiger partial charge in [0.25, 0.3) is 0 Å². The van der Waals surface area contributed by atoms with E-state index in [1.54, 1.807) is 4.68 Å². The van der Waals surface area contributed by atoms with E-state index in [2.05, 4.69) is 5.10 Å². The van der Waals surface area contributed by atoms with Gasteiger partial charge in [0.05, 0.1) is 10.6 Å². The average molecular weight is 237 g/mol. The predicted molar refractivity (Wildman–Crippen MR) is 63.0 cm³/mol. The molecule has 0 atom stereocenters. The van der Waals surface area contributed by atoms with E-state index in [9.17, 15) is 5.11 Å². The van der Waals surface area contributed by atoms with Crippen molar-refractivity contribution >= 4 is 23.7 Å². The first kappa shape index (κ1) is 11.1. The summed E-state index contributed by atoms with van der Waals surface area (Å²) in [5.74, 6) is -0.0895. The van der Waals surface area contributed by atoms with Gasteiger partial charge in [0.1, 0.15) is 0 Å². The van der Waals surface area contributed by atoms with Gasteiger partial charge in [-0.3, -0.25) is 0 Å². The first-order valence-electron chi connectivity index (χ1n) is 5.12. The molecular weight excluding hydrogens is 224 g/mol. The third-order valence-electron chi connectivity index (χ3n) is 2.59. The highest BCUT2D eigenvalue weighted by Crippen LogP contribution is 2.21. The number of hydrazone groups is 1. The van der Waals surface area contributed by atoms with Crippen molar-refractivity contribution in [3.63, 3.8) is 0 Å². The molecule has 0 saturated heterocycles. The van der Waals surface area contributed by atoms with Crippen LogP contribution in [0.25, 0.3) is 0 Å². The lowest BCUT2D eigenvalue weighted by Gasteiger charge is -2.11. The average Bonchev–Trinajstić information content (AvgIpc) is 2.43. The SMILES string of the molecule is CC1(C)CC([O-])=N/[N+]1=C/c1ccccc1Cl. The molecule has 1 aliphatic rings. The number of nitrogens with zero attached hydrogens (tertiary/aromatic N) is 2. The van der Waals surface area contributed by atoms with Crippen molar-refractivity contribution in [2.45, 2.75) is 25.8 Å². The summed E-state index contributed by atoms with van der Waals surface area (Å²) >= 11 is 6.05. The van der Waals surface area contributed by atoms with E-state index in [0.717, 1.165) is 5.56 Å². The van der Waals surface area contributed by atoms with Crippen LogP contribution in [0.2, 0.25) is 5.02 Å². The maximum absolute atomic E-state index is 11.3. The topological polar surface area (TPSA) is 38.4 Å². The lowest BCUT2D eigenvalue weighted by Crippen LogP contribution is -2.31. The van der Waals surface area contributed by atoms with Crippen LogP contribution >= 0.6 is 11.6 Å². The van der Waals surface area contributed by atoms with Crippen LogP contribution in [-0.4, -0.2) is 22.3 Å². The second kappa shape index (κ2) is 3.91. The van der Waals surface area contributed by atoms with Gasteiger partial charge in [-0.1, -0.05) is 28.4 Å². The molecule has 0 aromatic heterocycles. The molecule has 0 aliphatic carbocycles. The van der Waals surface area contributed by atoms with Gasteiger partial charge in [0.15, 0.2) is 5.54 Å². The molecule has 0 fully saturated rings. The second-order valence-corrected chi connectivity index (χ2v) is 4.89. The lowest BCUT2D eigenvalue weighted by atomic mass is 10.0. The minimum Gasteiger partial charge on any atom is -0.857 e. The van der Waals surface area contributed by atoms with Crippen LogP contribution in [0.1, 0.15) is 25.8 Å². The van der Waals surface area contributed by atoms with Crippen molar-refractivity contribution < 1.29 is 9.79 Å². The van der Waals surface area contributed by atoms with Crippen molar-refractivity contribution in [1.82, 2.24) is 0 Å². The highest BCUT2D eigenvalue weighted by molar-refractivity contribution is 6.32. The summed E-state index contributed by atoms with van der Waals surface area (Å²) in [7, 11) is 0. The van der Waals surface area contributed by atoms with Crippen LogP contribution in [0.5, 0.6) is 0 Å². The Bertz CT molecular complexity index is 478. The summed E-state index contributed by atoms with van der Waals surface area (Å²) in [6, 6.07) is 7.49. The van der Waals surface area contributed by atoms with Gasteiger partial charge in [0, 0.05) is 26.2 Å². The monoisotopic (exact) mass is 236 g/mol. The van der Waals surface area contributed by atoms with Crippen LogP contribution < -0.4 is 5.11 Å². The first-order chi connectivity index (χ1) is 7.49. The minimum atomic E-state index is -0.268. The van der Waals surface area contributed by atoms with Crippen LogP contribution in [0.4, 0.5) is 0 Å². The number of hydrogen-bond donors (Lipinski definition) is 0. The summed E-state index contributed by atoms with van der Waals surface area (Å²) in [4.78, 5) is 0. The van der Waals surface area contributed by atoms with Gasteiger partial charge in [-0.2, -0.15) is 0 Å². The van der Waals surface area contributed by atoms with E-state index in [0.29, 0.717) is 11.4 Å². The van der Waals surface area contributed by atoms with E-state index >= 15 is 0 Å². The zero-order valence-corrected chi connectivity index (χ0v) is 10.0. The summed E-state index contributed by atoms with van der Waals surface area (Å²) in [6.45, 7) is 3.96. The molecule has 0 bridgehead atoms. The van der Waals surface area contributed by atoms with Gasteiger partial charge in [-0.05, 0) is 17.2 Å². The van der Waals surface area contributed by atoms with Gasteiger partial charge in [-0.15, -0.1) is 0 Å². The fourth-order valence-electron chi connectivity index (χ4n) is 1.66. The Morgan fingerprint density at radius 3 is 2.69 bits per heavy atom. The van der Waals surface area contributed by atoms with Crippen molar-refractivity contribution in [3.8, 4) is 0 Å². The highest BCUT2D eigenvalue weighted by atomic mass is 35.5. The van der Waals surface area contributed by atoms with E-state index < -0.39 is 0 Å². The van der Waals surface area contributed by atoms with E-state index in [1.807, 2.05) is 44.3 Å². The quantitative estimate of drug-likeness (QED) is 0.683. The Labute approximate surface area is 99.7 Å². The van der Waals surface area contributed by atoms with Crippen LogP contribution in [-0.2, 0) is 0 Å². The predicted octanol–water partition coefficient (Wildman–Crippen LogP) is 1.63. The molecule has 0 saturated carbocycles. The number of rotatable bonds is 1. The molecular formula is C12H13ClN2O. The van der Waals surface area contributed by atoms with Gasteiger partial charge < -0.3 is 5.11 Å². The molecule has 4 heteroatoms. The number of halogens is 1. The molecule has 16 heavy (non-hydrogen) atoms. The van der Waals surface area contributed by atoms with Crippen molar-refractivity contribution in [1.29, 1.82) is 0 Å². The number of hydrogen-bond acceptors (Lipinski definition) is 2. The normalized spacial score (nSPS) is 21.2. The maximum Gasteiger partial charge on any atom is 0.205 e.